The lowest BCUT2D eigenvalue weighted by Gasteiger charge is -2.33. The van der Waals surface area contributed by atoms with Gasteiger partial charge in [-0.1, -0.05) is 146 Å². The summed E-state index contributed by atoms with van der Waals surface area (Å²) in [6.45, 7) is 9.30. The van der Waals surface area contributed by atoms with Gasteiger partial charge in [0.2, 0.25) is 0 Å². The van der Waals surface area contributed by atoms with Crippen molar-refractivity contribution in [2.75, 3.05) is 0 Å². The zero-order valence-electron chi connectivity index (χ0n) is 36.7. The van der Waals surface area contributed by atoms with Gasteiger partial charge in [0.05, 0.1) is 16.9 Å². The summed E-state index contributed by atoms with van der Waals surface area (Å²) in [6, 6.07) is 47.8. The van der Waals surface area contributed by atoms with Crippen LogP contribution in [0.2, 0.25) is 0 Å². The summed E-state index contributed by atoms with van der Waals surface area (Å²) in [5.41, 5.74) is 20.8. The van der Waals surface area contributed by atoms with Crippen molar-refractivity contribution >= 4 is 77.9 Å². The molecule has 2 heteroatoms. The van der Waals surface area contributed by atoms with Gasteiger partial charge in [0.25, 0.3) is 0 Å². The maximum Gasteiger partial charge on any atom is 0.0633 e. The molecule has 1 saturated carbocycles. The van der Waals surface area contributed by atoms with Crippen LogP contribution in [0.4, 0.5) is 0 Å². The van der Waals surface area contributed by atoms with Crippen LogP contribution in [-0.4, -0.2) is 10.3 Å². The Balaban J connectivity index is 0.996. The molecule has 1 aromatic heterocycles. The minimum absolute atomic E-state index is 0.0834. The molecular formula is C62H50N2. The molecule has 1 fully saturated rings. The summed E-state index contributed by atoms with van der Waals surface area (Å²) in [6.07, 6.45) is 20.7. The zero-order valence-corrected chi connectivity index (χ0v) is 36.7. The Kier molecular flexibility index (Phi) is 8.50. The highest BCUT2D eigenvalue weighted by Gasteiger charge is 2.46. The molecule has 7 aromatic carbocycles. The second kappa shape index (κ2) is 14.5. The Hall–Kier alpha value is -7.03. The average molecular weight is 823 g/mol. The van der Waals surface area contributed by atoms with E-state index >= 15 is 0 Å². The van der Waals surface area contributed by atoms with E-state index in [2.05, 4.69) is 189 Å². The van der Waals surface area contributed by atoms with Crippen LogP contribution in [0.15, 0.2) is 174 Å². The maximum atomic E-state index is 5.67. The Bertz CT molecular complexity index is 3540. The third kappa shape index (κ3) is 5.81. The normalized spacial score (nSPS) is 20.0. The van der Waals surface area contributed by atoms with E-state index < -0.39 is 0 Å². The molecule has 3 unspecified atom stereocenters. The number of rotatable bonds is 6. The molecule has 0 bridgehead atoms. The first-order chi connectivity index (χ1) is 31.5. The lowest BCUT2D eigenvalue weighted by Crippen LogP contribution is -2.27. The molecule has 5 aliphatic carbocycles. The van der Waals surface area contributed by atoms with Crippen molar-refractivity contribution < 1.29 is 0 Å². The Morgan fingerprint density at radius 1 is 0.672 bits per heavy atom. The van der Waals surface area contributed by atoms with Gasteiger partial charge in [0.1, 0.15) is 0 Å². The van der Waals surface area contributed by atoms with Crippen LogP contribution in [0, 0.1) is 17.8 Å². The first kappa shape index (κ1) is 37.5. The highest BCUT2D eigenvalue weighted by molar-refractivity contribution is 6.14. The zero-order chi connectivity index (χ0) is 42.6. The molecule has 1 heterocycles. The second-order valence-electron chi connectivity index (χ2n) is 18.9. The fourth-order valence-corrected chi connectivity index (χ4v) is 11.9. The van der Waals surface area contributed by atoms with Crippen molar-refractivity contribution in [2.24, 2.45) is 22.7 Å². The first-order valence-electron chi connectivity index (χ1n) is 23.4. The van der Waals surface area contributed by atoms with E-state index in [1.54, 1.807) is 5.57 Å². The van der Waals surface area contributed by atoms with E-state index in [4.69, 9.17) is 4.99 Å². The molecule has 2 nitrogen and oxygen atoms in total. The van der Waals surface area contributed by atoms with Gasteiger partial charge in [0, 0.05) is 28.1 Å². The van der Waals surface area contributed by atoms with Crippen LogP contribution in [0.5, 0.6) is 0 Å². The van der Waals surface area contributed by atoms with Gasteiger partial charge in [-0.25, -0.2) is 0 Å². The fourth-order valence-electron chi connectivity index (χ4n) is 11.9. The molecule has 5 aliphatic rings. The van der Waals surface area contributed by atoms with Gasteiger partial charge in [-0.2, -0.15) is 0 Å². The molecule has 0 aliphatic heterocycles. The van der Waals surface area contributed by atoms with Gasteiger partial charge in [-0.15, -0.1) is 0 Å². The predicted octanol–water partition coefficient (Wildman–Crippen LogP) is 15.7. The summed E-state index contributed by atoms with van der Waals surface area (Å²) in [7, 11) is 0. The number of hydrogen-bond donors (Lipinski definition) is 0. The number of aliphatic imine (C=N–C) groups is 1. The largest absolute Gasteiger partial charge is 0.309 e. The van der Waals surface area contributed by atoms with Crippen molar-refractivity contribution in [3.63, 3.8) is 0 Å². The monoisotopic (exact) mass is 822 g/mol. The Morgan fingerprint density at radius 3 is 2.34 bits per heavy atom. The van der Waals surface area contributed by atoms with Crippen molar-refractivity contribution in [1.29, 1.82) is 0 Å². The number of hydrogen-bond acceptors (Lipinski definition) is 1. The molecule has 0 spiro atoms. The summed E-state index contributed by atoms with van der Waals surface area (Å²) >= 11 is 0. The molecule has 308 valence electrons. The molecule has 8 aromatic rings. The van der Waals surface area contributed by atoms with Crippen LogP contribution in [0.3, 0.4) is 0 Å². The maximum absolute atomic E-state index is 5.67. The third-order valence-corrected chi connectivity index (χ3v) is 15.4. The number of allylic oxidation sites excluding steroid dienone is 8. The molecule has 0 N–H and O–H groups in total. The number of aryl methyl sites for hydroxylation is 2. The van der Waals surface area contributed by atoms with Crippen LogP contribution in [0.1, 0.15) is 77.7 Å². The quantitative estimate of drug-likeness (QED) is 0.149. The van der Waals surface area contributed by atoms with E-state index in [1.165, 1.54) is 111 Å². The van der Waals surface area contributed by atoms with Gasteiger partial charge < -0.3 is 4.57 Å². The number of nitrogens with zero attached hydrogens (tertiary/aromatic N) is 2. The average Bonchev–Trinajstić information content (AvgIpc) is 4.07. The Labute approximate surface area is 375 Å². The van der Waals surface area contributed by atoms with E-state index in [-0.39, 0.29) is 5.92 Å². The first-order valence-corrected chi connectivity index (χ1v) is 23.4. The number of benzene rings is 7. The molecule has 0 amide bonds. The van der Waals surface area contributed by atoms with Crippen molar-refractivity contribution in [3.8, 4) is 5.69 Å². The molecule has 0 saturated heterocycles. The van der Waals surface area contributed by atoms with Crippen molar-refractivity contribution in [1.82, 2.24) is 4.57 Å². The number of fused-ring (bicyclic) bond motifs is 13. The lowest BCUT2D eigenvalue weighted by atomic mass is 9.71. The summed E-state index contributed by atoms with van der Waals surface area (Å²) in [5.74, 6) is 1.26. The summed E-state index contributed by atoms with van der Waals surface area (Å²) in [5, 5.41) is 9.20. The molecule has 64 heavy (non-hydrogen) atoms. The smallest absolute Gasteiger partial charge is 0.0633 e. The number of aromatic nitrogens is 1. The van der Waals surface area contributed by atoms with Crippen LogP contribution >= 0.6 is 0 Å². The highest BCUT2D eigenvalue weighted by Crippen LogP contribution is 2.57. The second-order valence-corrected chi connectivity index (χ2v) is 18.9. The van der Waals surface area contributed by atoms with Crippen LogP contribution in [-0.2, 0) is 19.3 Å². The van der Waals surface area contributed by atoms with E-state index in [0.29, 0.717) is 11.8 Å². The molecular weight excluding hydrogens is 773 g/mol. The fraction of sp³-hybridized carbons (Fsp3) is 0.177. The standard InChI is InChI=1S/C62H50N2/c1-37(55-34-43-18-8-9-19-48(43)50-21-11-12-22-51(50)55)38(2)61(63-39(3)40-15-5-4-6-16-40)58-36-46-31-45-32-47(28-25-42(45)33-57(46)60-53(58)29-27-44-35-56(44)60)64-59-24-14-13-23-52(59)54-30-26-41-17-7-10-20-49(41)62(54)64/h4-7,9-12,14-17,19-22,24-34,44,56,58H,3,8,13,18,23,35-36H2,1-2H3/b38-37+,63-61+. The SMILES string of the molecule is C=C(/N=C(\C(C)=C(/C)c1cc2c(c3ccccc13)C=CCC2)C1Cc2cc3cc(-n4c5c(c6ccc7ccccc7c64)CCC=C5)ccc3cc2C2=C1C=CC1CC21)c1ccccc1. The minimum Gasteiger partial charge on any atom is -0.309 e. The highest BCUT2D eigenvalue weighted by atomic mass is 15.0. The molecule has 13 rings (SSSR count). The topological polar surface area (TPSA) is 17.3 Å². The molecule has 3 atom stereocenters. The predicted molar refractivity (Wildman–Crippen MR) is 273 cm³/mol. The summed E-state index contributed by atoms with van der Waals surface area (Å²) in [4.78, 5) is 5.67. The van der Waals surface area contributed by atoms with Crippen molar-refractivity contribution in [2.45, 2.75) is 52.4 Å². The third-order valence-electron chi connectivity index (χ3n) is 15.4. The van der Waals surface area contributed by atoms with Gasteiger partial charge in [-0.3, -0.25) is 4.99 Å². The van der Waals surface area contributed by atoms with Gasteiger partial charge >= 0.3 is 0 Å². The Morgan fingerprint density at radius 2 is 1.45 bits per heavy atom. The van der Waals surface area contributed by atoms with Gasteiger partial charge in [-0.05, 0) is 177 Å². The molecule has 0 radical (unpaired) electrons. The van der Waals surface area contributed by atoms with E-state index in [9.17, 15) is 0 Å². The minimum atomic E-state index is 0.0834. The van der Waals surface area contributed by atoms with E-state index in [0.717, 1.165) is 49.1 Å². The van der Waals surface area contributed by atoms with Crippen LogP contribution in [0.25, 0.3) is 77.9 Å². The summed E-state index contributed by atoms with van der Waals surface area (Å²) < 4.78 is 2.54. The van der Waals surface area contributed by atoms with Crippen molar-refractivity contribution in [3.05, 3.63) is 214 Å². The lowest BCUT2D eigenvalue weighted by molar-refractivity contribution is 0.775. The van der Waals surface area contributed by atoms with Gasteiger partial charge in [0.15, 0.2) is 0 Å². The van der Waals surface area contributed by atoms with E-state index in [1.807, 2.05) is 0 Å². The van der Waals surface area contributed by atoms with Crippen LogP contribution < -0.4 is 0 Å².